The SMILES string of the molecule is O=C(Nc1cccc(F)c1F)c1noc(C2CCCN2)n1. The van der Waals surface area contributed by atoms with E-state index in [0.717, 1.165) is 25.5 Å². The summed E-state index contributed by atoms with van der Waals surface area (Å²) in [6.07, 6.45) is 1.84. The number of anilines is 1. The molecular formula is C13H12F2N4O2. The zero-order valence-corrected chi connectivity index (χ0v) is 10.9. The highest BCUT2D eigenvalue weighted by molar-refractivity contribution is 6.01. The summed E-state index contributed by atoms with van der Waals surface area (Å²) in [6, 6.07) is 3.43. The Morgan fingerprint density at radius 3 is 3.05 bits per heavy atom. The van der Waals surface area contributed by atoms with E-state index in [2.05, 4.69) is 20.8 Å². The fraction of sp³-hybridized carbons (Fsp3) is 0.308. The first kappa shape index (κ1) is 13.6. The third-order valence-corrected chi connectivity index (χ3v) is 3.20. The molecule has 0 radical (unpaired) electrons. The van der Waals surface area contributed by atoms with E-state index in [1.165, 1.54) is 12.1 Å². The van der Waals surface area contributed by atoms with Crippen LogP contribution >= 0.6 is 0 Å². The van der Waals surface area contributed by atoms with Crippen LogP contribution in [0.5, 0.6) is 0 Å². The molecule has 1 amide bonds. The summed E-state index contributed by atoms with van der Waals surface area (Å²) in [7, 11) is 0. The molecule has 110 valence electrons. The predicted molar refractivity (Wildman–Crippen MR) is 68.6 cm³/mol. The number of rotatable bonds is 3. The van der Waals surface area contributed by atoms with Gasteiger partial charge in [0.2, 0.25) is 5.89 Å². The number of aromatic nitrogens is 2. The Bertz CT molecular complexity index is 668. The van der Waals surface area contributed by atoms with E-state index >= 15 is 0 Å². The number of halogens is 2. The van der Waals surface area contributed by atoms with Crippen molar-refractivity contribution >= 4 is 11.6 Å². The number of hydrogen-bond acceptors (Lipinski definition) is 5. The summed E-state index contributed by atoms with van der Waals surface area (Å²) in [6.45, 7) is 0.850. The number of carbonyl (C=O) groups excluding carboxylic acids is 1. The molecule has 0 aliphatic carbocycles. The van der Waals surface area contributed by atoms with Crippen molar-refractivity contribution in [2.75, 3.05) is 11.9 Å². The molecule has 8 heteroatoms. The summed E-state index contributed by atoms with van der Waals surface area (Å²) in [5.74, 6) is -2.84. The predicted octanol–water partition coefficient (Wildman–Crippen LogP) is 2.02. The van der Waals surface area contributed by atoms with Crippen LogP contribution in [0.2, 0.25) is 0 Å². The van der Waals surface area contributed by atoms with Crippen LogP contribution in [0.1, 0.15) is 35.4 Å². The van der Waals surface area contributed by atoms with Gasteiger partial charge in [-0.1, -0.05) is 11.2 Å². The van der Waals surface area contributed by atoms with Crippen molar-refractivity contribution < 1.29 is 18.1 Å². The number of nitrogens with one attached hydrogen (secondary N) is 2. The molecule has 2 heterocycles. The van der Waals surface area contributed by atoms with Gasteiger partial charge in [-0.25, -0.2) is 8.78 Å². The van der Waals surface area contributed by atoms with Gasteiger partial charge in [-0.05, 0) is 31.5 Å². The summed E-state index contributed by atoms with van der Waals surface area (Å²) in [4.78, 5) is 15.9. The van der Waals surface area contributed by atoms with Gasteiger partial charge in [-0.2, -0.15) is 4.98 Å². The highest BCUT2D eigenvalue weighted by atomic mass is 19.2. The standard InChI is InChI=1S/C13H12F2N4O2/c14-7-3-1-4-8(10(7)15)17-12(20)11-18-13(21-19-11)9-5-2-6-16-9/h1,3-4,9,16H,2,5-6H2,(H,17,20). The fourth-order valence-corrected chi connectivity index (χ4v) is 2.14. The minimum absolute atomic E-state index is 0.0649. The normalized spacial score (nSPS) is 17.9. The van der Waals surface area contributed by atoms with Crippen LogP contribution < -0.4 is 10.6 Å². The lowest BCUT2D eigenvalue weighted by Crippen LogP contribution is -2.16. The number of amides is 1. The zero-order valence-electron chi connectivity index (χ0n) is 10.9. The summed E-state index contributed by atoms with van der Waals surface area (Å²) in [5, 5.41) is 8.92. The third-order valence-electron chi connectivity index (χ3n) is 3.20. The summed E-state index contributed by atoms with van der Waals surface area (Å²) >= 11 is 0. The van der Waals surface area contributed by atoms with Gasteiger partial charge < -0.3 is 15.2 Å². The quantitative estimate of drug-likeness (QED) is 0.905. The molecule has 2 N–H and O–H groups in total. The first-order chi connectivity index (χ1) is 10.1. The van der Waals surface area contributed by atoms with Crippen LogP contribution in [-0.4, -0.2) is 22.6 Å². The Balaban J connectivity index is 1.75. The molecule has 21 heavy (non-hydrogen) atoms. The number of nitrogens with zero attached hydrogens (tertiary/aromatic N) is 2. The average Bonchev–Trinajstić information content (AvgIpc) is 3.13. The summed E-state index contributed by atoms with van der Waals surface area (Å²) in [5.41, 5.74) is -0.273. The first-order valence-electron chi connectivity index (χ1n) is 6.47. The van der Waals surface area contributed by atoms with Crippen molar-refractivity contribution in [1.29, 1.82) is 0 Å². The molecule has 0 saturated carbocycles. The van der Waals surface area contributed by atoms with E-state index in [-0.39, 0.29) is 17.6 Å². The van der Waals surface area contributed by atoms with Crippen molar-refractivity contribution in [2.45, 2.75) is 18.9 Å². The lowest BCUT2D eigenvalue weighted by molar-refractivity contribution is 0.101. The van der Waals surface area contributed by atoms with Gasteiger partial charge in [0.1, 0.15) is 0 Å². The van der Waals surface area contributed by atoms with E-state index in [1.54, 1.807) is 0 Å². The lowest BCUT2D eigenvalue weighted by Gasteiger charge is -2.04. The Morgan fingerprint density at radius 1 is 1.43 bits per heavy atom. The van der Waals surface area contributed by atoms with E-state index in [0.29, 0.717) is 5.89 Å². The van der Waals surface area contributed by atoms with E-state index in [1.807, 2.05) is 0 Å². The minimum Gasteiger partial charge on any atom is -0.337 e. The highest BCUT2D eigenvalue weighted by Gasteiger charge is 2.24. The van der Waals surface area contributed by atoms with Crippen LogP contribution in [0.4, 0.5) is 14.5 Å². The maximum absolute atomic E-state index is 13.5. The monoisotopic (exact) mass is 294 g/mol. The molecule has 1 aromatic heterocycles. The zero-order chi connectivity index (χ0) is 14.8. The Kier molecular flexibility index (Phi) is 3.61. The van der Waals surface area contributed by atoms with Gasteiger partial charge in [-0.15, -0.1) is 0 Å². The van der Waals surface area contributed by atoms with Crippen molar-refractivity contribution in [3.8, 4) is 0 Å². The van der Waals surface area contributed by atoms with Crippen molar-refractivity contribution in [3.63, 3.8) is 0 Å². The van der Waals surface area contributed by atoms with Gasteiger partial charge >= 0.3 is 0 Å². The molecule has 1 saturated heterocycles. The molecule has 0 bridgehead atoms. The van der Waals surface area contributed by atoms with Crippen molar-refractivity contribution in [2.24, 2.45) is 0 Å². The second-order valence-electron chi connectivity index (χ2n) is 4.66. The molecule has 2 aromatic rings. The second kappa shape index (κ2) is 5.57. The smallest absolute Gasteiger partial charge is 0.297 e. The van der Waals surface area contributed by atoms with E-state index in [4.69, 9.17) is 4.52 Å². The van der Waals surface area contributed by atoms with Crippen LogP contribution in [0, 0.1) is 11.6 Å². The molecule has 1 fully saturated rings. The number of carbonyl (C=O) groups is 1. The van der Waals surface area contributed by atoms with Gasteiger partial charge in [-0.3, -0.25) is 4.79 Å². The fourth-order valence-electron chi connectivity index (χ4n) is 2.14. The largest absolute Gasteiger partial charge is 0.337 e. The number of hydrogen-bond donors (Lipinski definition) is 2. The van der Waals surface area contributed by atoms with Crippen LogP contribution in [0.3, 0.4) is 0 Å². The van der Waals surface area contributed by atoms with E-state index in [9.17, 15) is 13.6 Å². The molecule has 1 atom stereocenters. The summed E-state index contributed by atoms with van der Waals surface area (Å²) < 4.78 is 31.5. The average molecular weight is 294 g/mol. The van der Waals surface area contributed by atoms with Gasteiger partial charge in [0, 0.05) is 0 Å². The maximum atomic E-state index is 13.5. The molecule has 0 spiro atoms. The Labute approximate surface area is 118 Å². The van der Waals surface area contributed by atoms with Gasteiger partial charge in [0.05, 0.1) is 11.7 Å². The molecular weight excluding hydrogens is 282 g/mol. The molecule has 1 aromatic carbocycles. The molecule has 3 rings (SSSR count). The maximum Gasteiger partial charge on any atom is 0.297 e. The van der Waals surface area contributed by atoms with Crippen LogP contribution in [0.25, 0.3) is 0 Å². The topological polar surface area (TPSA) is 80.0 Å². The molecule has 1 unspecified atom stereocenters. The Hall–Kier alpha value is -2.35. The molecule has 1 aliphatic heterocycles. The Morgan fingerprint density at radius 2 is 2.29 bits per heavy atom. The lowest BCUT2D eigenvalue weighted by atomic mass is 10.2. The second-order valence-corrected chi connectivity index (χ2v) is 4.66. The van der Waals surface area contributed by atoms with E-state index < -0.39 is 17.5 Å². The molecule has 6 nitrogen and oxygen atoms in total. The van der Waals surface area contributed by atoms with Crippen molar-refractivity contribution in [3.05, 3.63) is 41.5 Å². The molecule has 1 aliphatic rings. The minimum atomic E-state index is -1.13. The van der Waals surface area contributed by atoms with Crippen LogP contribution in [0.15, 0.2) is 22.7 Å². The first-order valence-corrected chi connectivity index (χ1v) is 6.47. The van der Waals surface area contributed by atoms with Gasteiger partial charge in [0.15, 0.2) is 11.6 Å². The van der Waals surface area contributed by atoms with Gasteiger partial charge in [0.25, 0.3) is 11.7 Å². The third kappa shape index (κ3) is 2.75. The highest BCUT2D eigenvalue weighted by Crippen LogP contribution is 2.21. The van der Waals surface area contributed by atoms with Crippen LogP contribution in [-0.2, 0) is 0 Å². The van der Waals surface area contributed by atoms with Crippen molar-refractivity contribution in [1.82, 2.24) is 15.5 Å². The number of benzene rings is 1.